The van der Waals surface area contributed by atoms with Crippen molar-refractivity contribution in [2.45, 2.75) is 63.5 Å². The Morgan fingerprint density at radius 2 is 1.71 bits per heavy atom. The third-order valence-electron chi connectivity index (χ3n) is 8.67. The van der Waals surface area contributed by atoms with Gasteiger partial charge in [0, 0.05) is 23.6 Å². The minimum absolute atomic E-state index is 0.0616. The van der Waals surface area contributed by atoms with Gasteiger partial charge in [0.25, 0.3) is 0 Å². The van der Waals surface area contributed by atoms with Crippen molar-refractivity contribution >= 4 is 21.8 Å². The summed E-state index contributed by atoms with van der Waals surface area (Å²) in [6.07, 6.45) is 3.47. The maximum atomic E-state index is 13.4. The van der Waals surface area contributed by atoms with Crippen LogP contribution >= 0.6 is 0 Å². The molecule has 0 saturated heterocycles. The van der Waals surface area contributed by atoms with Crippen molar-refractivity contribution in [1.82, 2.24) is 5.32 Å². The van der Waals surface area contributed by atoms with Crippen molar-refractivity contribution in [3.63, 3.8) is 0 Å². The number of hydrogen-bond donors (Lipinski definition) is 1. The summed E-state index contributed by atoms with van der Waals surface area (Å²) in [5.74, 6) is -0.768. The number of hydrogen-bond acceptors (Lipinski definition) is 7. The monoisotopic (exact) mass is 539 g/mol. The van der Waals surface area contributed by atoms with Gasteiger partial charge in [0.05, 0.1) is 17.8 Å². The van der Waals surface area contributed by atoms with E-state index in [1.165, 1.54) is 13.2 Å². The number of ether oxygens (including phenoxy) is 2. The zero-order chi connectivity index (χ0) is 27.6. The molecule has 204 valence electrons. The van der Waals surface area contributed by atoms with E-state index in [-0.39, 0.29) is 22.0 Å². The first-order chi connectivity index (χ1) is 18.0. The molecule has 0 aromatic heterocycles. The number of esters is 2. The molecule has 2 fully saturated rings. The minimum Gasteiger partial charge on any atom is -0.467 e. The molecule has 2 aliphatic carbocycles. The first-order valence-electron chi connectivity index (χ1n) is 13.0. The maximum Gasteiger partial charge on any atom is 0.332 e. The average Bonchev–Trinajstić information content (AvgIpc) is 3.23. The molecule has 38 heavy (non-hydrogen) atoms. The summed E-state index contributed by atoms with van der Waals surface area (Å²) in [7, 11) is -2.25. The summed E-state index contributed by atoms with van der Waals surface area (Å²) < 4.78 is 37.8. The Morgan fingerprint density at radius 1 is 1.08 bits per heavy atom. The SMILES string of the molecule is COC(=O)[C@H](Cc1ccccc1)N/C(C)=C\C(=O)O[C@H]1C[C@@H]2CC[C@@]1(CS(=O)(=O)c1ccccc1)C2(C)C. The number of benzene rings is 2. The van der Waals surface area contributed by atoms with Crippen molar-refractivity contribution in [3.05, 3.63) is 78.0 Å². The Hall–Kier alpha value is -3.13. The predicted octanol–water partition coefficient (Wildman–Crippen LogP) is 4.48. The largest absolute Gasteiger partial charge is 0.467 e. The first-order valence-corrected chi connectivity index (χ1v) is 14.7. The Morgan fingerprint density at radius 3 is 2.32 bits per heavy atom. The molecule has 0 unspecified atom stereocenters. The van der Waals surface area contributed by atoms with Crippen molar-refractivity contribution in [1.29, 1.82) is 0 Å². The Bertz CT molecular complexity index is 1290. The maximum absolute atomic E-state index is 13.4. The molecule has 4 atom stereocenters. The van der Waals surface area contributed by atoms with E-state index in [4.69, 9.17) is 9.47 Å². The summed E-state index contributed by atoms with van der Waals surface area (Å²) in [5.41, 5.74) is 0.466. The number of carbonyl (C=O) groups excluding carboxylic acids is 2. The second-order valence-electron chi connectivity index (χ2n) is 11.1. The van der Waals surface area contributed by atoms with Crippen LogP contribution in [0.4, 0.5) is 0 Å². The molecule has 0 radical (unpaired) electrons. The number of allylic oxidation sites excluding steroid dienone is 1. The highest BCUT2D eigenvalue weighted by atomic mass is 32.2. The van der Waals surface area contributed by atoms with Gasteiger partial charge in [-0.2, -0.15) is 0 Å². The molecule has 2 saturated carbocycles. The topological polar surface area (TPSA) is 98.8 Å². The molecule has 4 rings (SSSR count). The van der Waals surface area contributed by atoms with Crippen molar-refractivity contribution in [2.75, 3.05) is 12.9 Å². The molecule has 0 amide bonds. The molecular weight excluding hydrogens is 502 g/mol. The lowest BCUT2D eigenvalue weighted by Gasteiger charge is -2.41. The van der Waals surface area contributed by atoms with E-state index in [0.29, 0.717) is 25.0 Å². The van der Waals surface area contributed by atoms with Crippen LogP contribution in [0.3, 0.4) is 0 Å². The van der Waals surface area contributed by atoms with Gasteiger partial charge in [-0.15, -0.1) is 0 Å². The number of sulfone groups is 1. The number of methoxy groups -OCH3 is 1. The second-order valence-corrected chi connectivity index (χ2v) is 13.1. The van der Waals surface area contributed by atoms with E-state index in [0.717, 1.165) is 12.0 Å². The van der Waals surface area contributed by atoms with Gasteiger partial charge in [-0.05, 0) is 55.2 Å². The predicted molar refractivity (Wildman–Crippen MR) is 145 cm³/mol. The molecule has 0 spiro atoms. The third kappa shape index (κ3) is 5.51. The number of rotatable bonds is 10. The fourth-order valence-electron chi connectivity index (χ4n) is 6.41. The van der Waals surface area contributed by atoms with Crippen LogP contribution < -0.4 is 5.32 Å². The van der Waals surface area contributed by atoms with Crippen LogP contribution in [0.5, 0.6) is 0 Å². The van der Waals surface area contributed by atoms with Gasteiger partial charge in [0.15, 0.2) is 9.84 Å². The van der Waals surface area contributed by atoms with Crippen LogP contribution in [-0.4, -0.2) is 45.4 Å². The van der Waals surface area contributed by atoms with Gasteiger partial charge >= 0.3 is 11.9 Å². The van der Waals surface area contributed by atoms with Gasteiger partial charge in [-0.1, -0.05) is 62.4 Å². The molecule has 7 nitrogen and oxygen atoms in total. The standard InChI is InChI=1S/C30H37NO6S/c1-21(31-25(28(33)36-4)18-22-11-7-5-8-12-22)17-27(32)37-26-19-23-15-16-30(26,29(23,2)3)20-38(34,35)24-13-9-6-10-14-24/h5-14,17,23,25-26,31H,15-16,18-20H2,1-4H3/b21-17-/t23-,25-,26-,30-/m0/s1. The van der Waals surface area contributed by atoms with Crippen LogP contribution in [0, 0.1) is 16.7 Å². The highest BCUT2D eigenvalue weighted by Gasteiger charge is 2.66. The van der Waals surface area contributed by atoms with Crippen LogP contribution in [0.25, 0.3) is 0 Å². The third-order valence-corrected chi connectivity index (χ3v) is 10.6. The number of nitrogens with one attached hydrogen (secondary N) is 1. The molecule has 2 bridgehead atoms. The highest BCUT2D eigenvalue weighted by molar-refractivity contribution is 7.91. The molecule has 8 heteroatoms. The van der Waals surface area contributed by atoms with Crippen molar-refractivity contribution in [3.8, 4) is 0 Å². The summed E-state index contributed by atoms with van der Waals surface area (Å²) in [4.78, 5) is 25.7. The zero-order valence-electron chi connectivity index (χ0n) is 22.5. The number of fused-ring (bicyclic) bond motifs is 2. The minimum atomic E-state index is -3.58. The Kier molecular flexibility index (Phi) is 8.02. The average molecular weight is 540 g/mol. The zero-order valence-corrected chi connectivity index (χ0v) is 23.3. The molecule has 2 aliphatic rings. The van der Waals surface area contributed by atoms with Crippen LogP contribution in [-0.2, 0) is 35.3 Å². The molecule has 2 aromatic carbocycles. The van der Waals surface area contributed by atoms with Crippen LogP contribution in [0.1, 0.15) is 45.6 Å². The summed E-state index contributed by atoms with van der Waals surface area (Å²) in [6.45, 7) is 5.90. The smallest absolute Gasteiger partial charge is 0.332 e. The van der Waals surface area contributed by atoms with Gasteiger partial charge in [0.2, 0.25) is 0 Å². The van der Waals surface area contributed by atoms with Crippen LogP contribution in [0.15, 0.2) is 77.3 Å². The molecule has 1 N–H and O–H groups in total. The van der Waals surface area contributed by atoms with E-state index in [2.05, 4.69) is 19.2 Å². The van der Waals surface area contributed by atoms with Crippen molar-refractivity contribution in [2.24, 2.45) is 16.7 Å². The lowest BCUT2D eigenvalue weighted by molar-refractivity contribution is -0.150. The second kappa shape index (κ2) is 10.9. The fraction of sp³-hybridized carbons (Fsp3) is 0.467. The van der Waals surface area contributed by atoms with E-state index in [9.17, 15) is 18.0 Å². The van der Waals surface area contributed by atoms with E-state index < -0.39 is 39.3 Å². The van der Waals surface area contributed by atoms with Gasteiger partial charge < -0.3 is 14.8 Å². The van der Waals surface area contributed by atoms with Gasteiger partial charge in [-0.3, -0.25) is 0 Å². The Balaban J connectivity index is 1.50. The molecule has 2 aromatic rings. The van der Waals surface area contributed by atoms with Crippen LogP contribution in [0.2, 0.25) is 0 Å². The normalized spacial score (nSPS) is 25.0. The molecule has 0 heterocycles. The highest BCUT2D eigenvalue weighted by Crippen LogP contribution is 2.67. The molecule has 0 aliphatic heterocycles. The lowest BCUT2D eigenvalue weighted by Crippen LogP contribution is -2.46. The van der Waals surface area contributed by atoms with Crippen molar-refractivity contribution < 1.29 is 27.5 Å². The van der Waals surface area contributed by atoms with Gasteiger partial charge in [-0.25, -0.2) is 18.0 Å². The van der Waals surface area contributed by atoms with E-state index in [1.54, 1.807) is 37.3 Å². The van der Waals surface area contributed by atoms with E-state index >= 15 is 0 Å². The lowest BCUT2D eigenvalue weighted by atomic mass is 9.69. The van der Waals surface area contributed by atoms with Gasteiger partial charge in [0.1, 0.15) is 12.1 Å². The first kappa shape index (κ1) is 27.9. The molecular formula is C30H37NO6S. The fourth-order valence-corrected chi connectivity index (χ4v) is 8.53. The quantitative estimate of drug-likeness (QED) is 0.351. The summed E-state index contributed by atoms with van der Waals surface area (Å²) >= 11 is 0. The summed E-state index contributed by atoms with van der Waals surface area (Å²) in [5, 5.41) is 3.08. The summed E-state index contributed by atoms with van der Waals surface area (Å²) in [6, 6.07) is 17.3. The van der Waals surface area contributed by atoms with E-state index in [1.807, 2.05) is 30.3 Å². The Labute approximate surface area is 225 Å². The number of carbonyl (C=O) groups is 2.